The number of urea groups is 1. The van der Waals surface area contributed by atoms with Crippen LogP contribution in [-0.4, -0.2) is 24.8 Å². The van der Waals surface area contributed by atoms with Gasteiger partial charge in [0, 0.05) is 10.6 Å². The summed E-state index contributed by atoms with van der Waals surface area (Å²) < 4.78 is 10.4. The Morgan fingerprint density at radius 3 is 2.64 bits per heavy atom. The number of amides is 2. The topological polar surface area (TPSA) is 83.7 Å². The normalized spacial score (nSPS) is 13.0. The third-order valence-corrected chi connectivity index (χ3v) is 4.73. The van der Waals surface area contributed by atoms with Crippen LogP contribution in [0, 0.1) is 0 Å². The van der Waals surface area contributed by atoms with E-state index in [0.29, 0.717) is 22.1 Å². The van der Waals surface area contributed by atoms with E-state index in [1.165, 1.54) is 17.6 Å². The Bertz CT molecular complexity index is 764. The van der Waals surface area contributed by atoms with Crippen molar-refractivity contribution in [2.45, 2.75) is 5.60 Å². The molecule has 1 atom stereocenters. The summed E-state index contributed by atoms with van der Waals surface area (Å²) in [5.41, 5.74) is -0.800. The van der Waals surface area contributed by atoms with Crippen molar-refractivity contribution in [3.8, 4) is 5.75 Å². The van der Waals surface area contributed by atoms with Crippen molar-refractivity contribution >= 4 is 23.1 Å². The summed E-state index contributed by atoms with van der Waals surface area (Å²) in [4.78, 5) is 12.8. The maximum absolute atomic E-state index is 12.2. The number of thiophene rings is 1. The molecular weight excluding hydrogens is 340 g/mol. The van der Waals surface area contributed by atoms with Crippen molar-refractivity contribution in [3.05, 3.63) is 70.8 Å². The average molecular weight is 358 g/mol. The smallest absolute Gasteiger partial charge is 0.319 e. The number of benzene rings is 1. The second kappa shape index (κ2) is 7.42. The van der Waals surface area contributed by atoms with E-state index >= 15 is 0 Å². The number of nitrogens with one attached hydrogen (secondary N) is 2. The predicted molar refractivity (Wildman–Crippen MR) is 96.0 cm³/mol. The monoisotopic (exact) mass is 358 g/mol. The molecule has 3 aromatic rings. The number of aliphatic hydroxyl groups is 1. The number of anilines is 1. The second-order valence-corrected chi connectivity index (χ2v) is 6.30. The zero-order valence-electron chi connectivity index (χ0n) is 13.6. The summed E-state index contributed by atoms with van der Waals surface area (Å²) in [5, 5.41) is 18.3. The fourth-order valence-electron chi connectivity index (χ4n) is 2.38. The van der Waals surface area contributed by atoms with Crippen LogP contribution in [0.4, 0.5) is 10.5 Å². The minimum atomic E-state index is -1.42. The SMILES string of the molecule is COc1ccc(NC(=O)NCC(O)(c2ccco2)c2cccs2)cc1. The highest BCUT2D eigenvalue weighted by Gasteiger charge is 2.36. The van der Waals surface area contributed by atoms with E-state index in [1.807, 2.05) is 11.4 Å². The van der Waals surface area contributed by atoms with Crippen molar-refractivity contribution < 1.29 is 19.1 Å². The van der Waals surface area contributed by atoms with Gasteiger partial charge < -0.3 is 24.9 Å². The Hall–Kier alpha value is -2.77. The molecule has 2 heterocycles. The minimum Gasteiger partial charge on any atom is -0.497 e. The van der Waals surface area contributed by atoms with E-state index in [9.17, 15) is 9.90 Å². The Morgan fingerprint density at radius 1 is 1.24 bits per heavy atom. The first kappa shape index (κ1) is 17.1. The van der Waals surface area contributed by atoms with Crippen LogP contribution in [-0.2, 0) is 5.60 Å². The van der Waals surface area contributed by atoms with Gasteiger partial charge in [0.25, 0.3) is 0 Å². The lowest BCUT2D eigenvalue weighted by molar-refractivity contribution is 0.0628. The molecule has 6 nitrogen and oxygen atoms in total. The molecule has 0 bridgehead atoms. The molecule has 0 saturated heterocycles. The van der Waals surface area contributed by atoms with Crippen LogP contribution in [0.25, 0.3) is 0 Å². The van der Waals surface area contributed by atoms with Gasteiger partial charge in [-0.05, 0) is 47.8 Å². The largest absolute Gasteiger partial charge is 0.497 e. The van der Waals surface area contributed by atoms with Crippen molar-refractivity contribution in [2.24, 2.45) is 0 Å². The molecule has 2 amide bonds. The number of carbonyl (C=O) groups excluding carboxylic acids is 1. The first-order valence-electron chi connectivity index (χ1n) is 7.61. The van der Waals surface area contributed by atoms with E-state index < -0.39 is 11.6 Å². The highest BCUT2D eigenvalue weighted by molar-refractivity contribution is 7.10. The molecule has 1 aromatic carbocycles. The first-order chi connectivity index (χ1) is 12.1. The van der Waals surface area contributed by atoms with E-state index in [2.05, 4.69) is 10.6 Å². The zero-order chi connectivity index (χ0) is 17.7. The fraction of sp³-hybridized carbons (Fsp3) is 0.167. The number of rotatable bonds is 6. The van der Waals surface area contributed by atoms with Crippen molar-refractivity contribution in [3.63, 3.8) is 0 Å². The van der Waals surface area contributed by atoms with E-state index in [4.69, 9.17) is 9.15 Å². The molecule has 2 aromatic heterocycles. The van der Waals surface area contributed by atoms with Gasteiger partial charge in [-0.2, -0.15) is 0 Å². The number of methoxy groups -OCH3 is 1. The van der Waals surface area contributed by atoms with Gasteiger partial charge in [-0.1, -0.05) is 6.07 Å². The highest BCUT2D eigenvalue weighted by atomic mass is 32.1. The number of hydrogen-bond donors (Lipinski definition) is 3. The third kappa shape index (κ3) is 3.84. The summed E-state index contributed by atoms with van der Waals surface area (Å²) in [6.07, 6.45) is 1.49. The highest BCUT2D eigenvalue weighted by Crippen LogP contribution is 2.32. The minimum absolute atomic E-state index is 0.0248. The maximum Gasteiger partial charge on any atom is 0.319 e. The molecule has 0 aliphatic rings. The van der Waals surface area contributed by atoms with Gasteiger partial charge in [-0.25, -0.2) is 4.79 Å². The third-order valence-electron chi connectivity index (χ3n) is 3.71. The molecule has 25 heavy (non-hydrogen) atoms. The molecule has 0 saturated carbocycles. The first-order valence-corrected chi connectivity index (χ1v) is 8.49. The van der Waals surface area contributed by atoms with Gasteiger partial charge in [0.1, 0.15) is 11.5 Å². The Balaban J connectivity index is 1.68. The van der Waals surface area contributed by atoms with Crippen LogP contribution in [0.3, 0.4) is 0 Å². The van der Waals surface area contributed by atoms with Gasteiger partial charge in [0.2, 0.25) is 0 Å². The van der Waals surface area contributed by atoms with Crippen molar-refractivity contribution in [1.29, 1.82) is 0 Å². The molecule has 7 heteroatoms. The molecular formula is C18H18N2O4S. The van der Waals surface area contributed by atoms with Gasteiger partial charge in [-0.3, -0.25) is 0 Å². The molecule has 1 unspecified atom stereocenters. The van der Waals surface area contributed by atoms with Crippen LogP contribution < -0.4 is 15.4 Å². The summed E-state index contributed by atoms with van der Waals surface area (Å²) in [7, 11) is 1.58. The summed E-state index contributed by atoms with van der Waals surface area (Å²) in [6.45, 7) is -0.0248. The summed E-state index contributed by atoms with van der Waals surface area (Å²) >= 11 is 1.39. The molecule has 3 N–H and O–H groups in total. The number of hydrogen-bond acceptors (Lipinski definition) is 5. The molecule has 0 fully saturated rings. The Labute approximate surface area is 149 Å². The maximum atomic E-state index is 12.2. The molecule has 0 spiro atoms. The molecule has 0 radical (unpaired) electrons. The number of carbonyl (C=O) groups is 1. The molecule has 130 valence electrons. The van der Waals surface area contributed by atoms with Crippen molar-refractivity contribution in [1.82, 2.24) is 5.32 Å². The van der Waals surface area contributed by atoms with Crippen LogP contribution in [0.5, 0.6) is 5.75 Å². The standard InChI is InChI=1S/C18H18N2O4S/c1-23-14-8-6-13(7-9-14)20-17(21)19-12-18(22,15-4-2-10-24-15)16-5-3-11-25-16/h2-11,22H,12H2,1H3,(H2,19,20,21). The van der Waals surface area contributed by atoms with Crippen LogP contribution in [0.15, 0.2) is 64.6 Å². The Morgan fingerprint density at radius 2 is 2.04 bits per heavy atom. The molecule has 0 aliphatic carbocycles. The van der Waals surface area contributed by atoms with Gasteiger partial charge >= 0.3 is 6.03 Å². The zero-order valence-corrected chi connectivity index (χ0v) is 14.4. The average Bonchev–Trinajstić information content (AvgIpc) is 3.34. The Kier molecular flexibility index (Phi) is 5.06. The van der Waals surface area contributed by atoms with Crippen LogP contribution >= 0.6 is 11.3 Å². The quantitative estimate of drug-likeness (QED) is 0.630. The lowest BCUT2D eigenvalue weighted by atomic mass is 9.99. The van der Waals surface area contributed by atoms with Crippen LogP contribution in [0.1, 0.15) is 10.6 Å². The summed E-state index contributed by atoms with van der Waals surface area (Å²) in [5.74, 6) is 1.08. The second-order valence-electron chi connectivity index (χ2n) is 5.35. The van der Waals surface area contributed by atoms with Gasteiger partial charge in [0.05, 0.1) is 19.9 Å². The molecule has 0 aliphatic heterocycles. The van der Waals surface area contributed by atoms with E-state index in [0.717, 1.165) is 0 Å². The van der Waals surface area contributed by atoms with E-state index in [-0.39, 0.29) is 6.54 Å². The lowest BCUT2D eigenvalue weighted by Gasteiger charge is -2.25. The van der Waals surface area contributed by atoms with E-state index in [1.54, 1.807) is 49.6 Å². The van der Waals surface area contributed by atoms with Crippen molar-refractivity contribution in [2.75, 3.05) is 19.0 Å². The number of furan rings is 1. The van der Waals surface area contributed by atoms with Crippen LogP contribution in [0.2, 0.25) is 0 Å². The lowest BCUT2D eigenvalue weighted by Crippen LogP contribution is -2.42. The van der Waals surface area contributed by atoms with Gasteiger partial charge in [0.15, 0.2) is 5.60 Å². The fourth-order valence-corrected chi connectivity index (χ4v) is 3.21. The molecule has 3 rings (SSSR count). The number of ether oxygens (including phenoxy) is 1. The summed E-state index contributed by atoms with van der Waals surface area (Å²) in [6, 6.07) is 13.6. The van der Waals surface area contributed by atoms with Gasteiger partial charge in [-0.15, -0.1) is 11.3 Å². The predicted octanol–water partition coefficient (Wildman–Crippen LogP) is 3.41.